The average molecular weight is 391 g/mol. The SMILES string of the molecule is COC(=O)c1ccc(COC(=O)CCc2ncc(-c3ccc(F)cc3F)o2)o1. The first-order valence-electron chi connectivity index (χ1n) is 8.19. The molecule has 7 nitrogen and oxygen atoms in total. The van der Waals surface area contributed by atoms with Crippen molar-refractivity contribution in [2.24, 2.45) is 0 Å². The summed E-state index contributed by atoms with van der Waals surface area (Å²) >= 11 is 0. The van der Waals surface area contributed by atoms with Gasteiger partial charge in [-0.15, -0.1) is 0 Å². The summed E-state index contributed by atoms with van der Waals surface area (Å²) in [7, 11) is 1.23. The van der Waals surface area contributed by atoms with Gasteiger partial charge in [0, 0.05) is 12.5 Å². The van der Waals surface area contributed by atoms with E-state index in [9.17, 15) is 18.4 Å². The first kappa shape index (κ1) is 19.3. The van der Waals surface area contributed by atoms with Gasteiger partial charge in [-0.3, -0.25) is 4.79 Å². The van der Waals surface area contributed by atoms with E-state index in [1.165, 1.54) is 31.5 Å². The number of aromatic nitrogens is 1. The van der Waals surface area contributed by atoms with Gasteiger partial charge in [-0.2, -0.15) is 0 Å². The fourth-order valence-corrected chi connectivity index (χ4v) is 2.34. The zero-order valence-corrected chi connectivity index (χ0v) is 14.7. The van der Waals surface area contributed by atoms with E-state index >= 15 is 0 Å². The highest BCUT2D eigenvalue weighted by Crippen LogP contribution is 2.24. The van der Waals surface area contributed by atoms with Gasteiger partial charge in [-0.25, -0.2) is 18.6 Å². The molecule has 2 aromatic heterocycles. The number of aryl methyl sites for hydroxylation is 1. The number of carbonyl (C=O) groups is 2. The van der Waals surface area contributed by atoms with E-state index in [4.69, 9.17) is 13.6 Å². The van der Waals surface area contributed by atoms with Gasteiger partial charge >= 0.3 is 11.9 Å². The number of hydrogen-bond donors (Lipinski definition) is 0. The number of benzene rings is 1. The molecule has 146 valence electrons. The van der Waals surface area contributed by atoms with E-state index in [0.29, 0.717) is 5.76 Å². The highest BCUT2D eigenvalue weighted by molar-refractivity contribution is 5.86. The molecule has 28 heavy (non-hydrogen) atoms. The predicted octanol–water partition coefficient (Wildman–Crippen LogP) is 3.68. The van der Waals surface area contributed by atoms with Crippen molar-refractivity contribution in [3.63, 3.8) is 0 Å². The number of carbonyl (C=O) groups excluding carboxylic acids is 2. The molecule has 0 unspecified atom stereocenters. The third-order valence-electron chi connectivity index (χ3n) is 3.72. The Morgan fingerprint density at radius 1 is 1.14 bits per heavy atom. The van der Waals surface area contributed by atoms with E-state index < -0.39 is 23.6 Å². The van der Waals surface area contributed by atoms with Gasteiger partial charge in [-0.1, -0.05) is 0 Å². The summed E-state index contributed by atoms with van der Waals surface area (Å²) in [5.41, 5.74) is 0.0713. The number of esters is 2. The zero-order chi connectivity index (χ0) is 20.1. The van der Waals surface area contributed by atoms with Gasteiger partial charge in [0.2, 0.25) is 5.76 Å². The number of methoxy groups -OCH3 is 1. The molecule has 0 atom stereocenters. The highest BCUT2D eigenvalue weighted by atomic mass is 19.1. The fourth-order valence-electron chi connectivity index (χ4n) is 2.34. The number of halogens is 2. The van der Waals surface area contributed by atoms with Crippen molar-refractivity contribution < 1.29 is 36.7 Å². The molecule has 9 heteroatoms. The molecule has 0 bridgehead atoms. The van der Waals surface area contributed by atoms with Crippen molar-refractivity contribution in [1.82, 2.24) is 4.98 Å². The van der Waals surface area contributed by atoms with Crippen LogP contribution in [0.5, 0.6) is 0 Å². The summed E-state index contributed by atoms with van der Waals surface area (Å²) in [5.74, 6) is -1.99. The van der Waals surface area contributed by atoms with Crippen LogP contribution < -0.4 is 0 Å². The van der Waals surface area contributed by atoms with Crippen LogP contribution in [-0.2, 0) is 27.3 Å². The lowest BCUT2D eigenvalue weighted by Gasteiger charge is -2.02. The maximum atomic E-state index is 13.8. The summed E-state index contributed by atoms with van der Waals surface area (Å²) in [5, 5.41) is 0. The van der Waals surface area contributed by atoms with Crippen LogP contribution in [0.25, 0.3) is 11.3 Å². The molecule has 0 aliphatic heterocycles. The van der Waals surface area contributed by atoms with Gasteiger partial charge < -0.3 is 18.3 Å². The molecule has 0 amide bonds. The van der Waals surface area contributed by atoms with Crippen LogP contribution in [0.2, 0.25) is 0 Å². The second kappa shape index (κ2) is 8.47. The Balaban J connectivity index is 1.50. The summed E-state index contributed by atoms with van der Waals surface area (Å²) in [6.07, 6.45) is 1.40. The third-order valence-corrected chi connectivity index (χ3v) is 3.72. The molecule has 0 saturated carbocycles. The maximum Gasteiger partial charge on any atom is 0.373 e. The second-order valence-electron chi connectivity index (χ2n) is 5.66. The van der Waals surface area contributed by atoms with Crippen molar-refractivity contribution in [2.45, 2.75) is 19.4 Å². The van der Waals surface area contributed by atoms with Crippen LogP contribution in [0.15, 0.2) is 45.4 Å². The van der Waals surface area contributed by atoms with E-state index in [2.05, 4.69) is 9.72 Å². The fraction of sp³-hybridized carbons (Fsp3) is 0.211. The van der Waals surface area contributed by atoms with Gasteiger partial charge in [0.05, 0.1) is 25.3 Å². The van der Waals surface area contributed by atoms with Crippen LogP contribution in [0.4, 0.5) is 8.78 Å². The lowest BCUT2D eigenvalue weighted by atomic mass is 10.2. The van der Waals surface area contributed by atoms with Gasteiger partial charge in [0.1, 0.15) is 24.0 Å². The maximum absolute atomic E-state index is 13.8. The first-order chi connectivity index (χ1) is 13.5. The molecular weight excluding hydrogens is 376 g/mol. The molecule has 0 radical (unpaired) electrons. The Bertz CT molecular complexity index is 994. The monoisotopic (exact) mass is 391 g/mol. The minimum Gasteiger partial charge on any atom is -0.463 e. The molecule has 0 spiro atoms. The van der Waals surface area contributed by atoms with Crippen LogP contribution >= 0.6 is 0 Å². The average Bonchev–Trinajstić information content (AvgIpc) is 3.34. The van der Waals surface area contributed by atoms with Crippen LogP contribution in [0.1, 0.15) is 28.6 Å². The van der Waals surface area contributed by atoms with Gasteiger partial charge in [0.25, 0.3) is 0 Å². The number of oxazole rings is 1. The van der Waals surface area contributed by atoms with Crippen molar-refractivity contribution >= 4 is 11.9 Å². The lowest BCUT2D eigenvalue weighted by Crippen LogP contribution is -2.05. The van der Waals surface area contributed by atoms with E-state index in [0.717, 1.165) is 12.1 Å². The molecule has 2 heterocycles. The summed E-state index contributed by atoms with van der Waals surface area (Å²) < 4.78 is 46.8. The third kappa shape index (κ3) is 4.61. The Kier molecular flexibility index (Phi) is 5.83. The Hall–Kier alpha value is -3.49. The molecule has 0 N–H and O–H groups in total. The first-order valence-corrected chi connectivity index (χ1v) is 8.19. The number of hydrogen-bond acceptors (Lipinski definition) is 7. The van der Waals surface area contributed by atoms with E-state index in [1.54, 1.807) is 0 Å². The second-order valence-corrected chi connectivity index (χ2v) is 5.66. The Morgan fingerprint density at radius 2 is 1.96 bits per heavy atom. The van der Waals surface area contributed by atoms with Crippen LogP contribution in [0.3, 0.4) is 0 Å². The van der Waals surface area contributed by atoms with E-state index in [-0.39, 0.29) is 42.4 Å². The molecule has 0 aliphatic rings. The van der Waals surface area contributed by atoms with Gasteiger partial charge in [0.15, 0.2) is 11.7 Å². The van der Waals surface area contributed by atoms with Crippen molar-refractivity contribution in [3.8, 4) is 11.3 Å². The number of rotatable bonds is 7. The Morgan fingerprint density at radius 3 is 2.71 bits per heavy atom. The number of nitrogens with zero attached hydrogens (tertiary/aromatic N) is 1. The zero-order valence-electron chi connectivity index (χ0n) is 14.7. The molecular formula is C19H15F2NO6. The number of ether oxygens (including phenoxy) is 2. The molecule has 0 fully saturated rings. The minimum atomic E-state index is -0.771. The van der Waals surface area contributed by atoms with Gasteiger partial charge in [-0.05, 0) is 24.3 Å². The standard InChI is InChI=1S/C19H15F2NO6/c1-25-19(24)15-5-3-12(27-15)10-26-18(23)7-6-17-22-9-16(28-17)13-4-2-11(20)8-14(13)21/h2-5,8-9H,6-7,10H2,1H3. The van der Waals surface area contributed by atoms with Crippen molar-refractivity contribution in [3.05, 3.63) is 65.6 Å². The summed E-state index contributed by atoms with van der Waals surface area (Å²) in [4.78, 5) is 27.1. The molecule has 0 saturated heterocycles. The van der Waals surface area contributed by atoms with Crippen molar-refractivity contribution in [2.75, 3.05) is 7.11 Å². The predicted molar refractivity (Wildman–Crippen MR) is 90.0 cm³/mol. The smallest absolute Gasteiger partial charge is 0.373 e. The van der Waals surface area contributed by atoms with Crippen LogP contribution in [-0.4, -0.2) is 24.0 Å². The lowest BCUT2D eigenvalue weighted by molar-refractivity contribution is -0.145. The quantitative estimate of drug-likeness (QED) is 0.568. The topological polar surface area (TPSA) is 91.8 Å². The molecule has 1 aromatic carbocycles. The normalized spacial score (nSPS) is 10.7. The number of furan rings is 1. The summed E-state index contributed by atoms with van der Waals surface area (Å²) in [6, 6.07) is 6.01. The summed E-state index contributed by atoms with van der Waals surface area (Å²) in [6.45, 7) is -0.145. The Labute approximate surface area is 157 Å². The molecule has 3 rings (SSSR count). The highest BCUT2D eigenvalue weighted by Gasteiger charge is 2.15. The largest absolute Gasteiger partial charge is 0.463 e. The molecule has 3 aromatic rings. The van der Waals surface area contributed by atoms with Crippen molar-refractivity contribution in [1.29, 1.82) is 0 Å². The molecule has 0 aliphatic carbocycles. The van der Waals surface area contributed by atoms with Crippen LogP contribution in [0, 0.1) is 11.6 Å². The minimum absolute atomic E-state index is 0.00823. The van der Waals surface area contributed by atoms with E-state index in [1.807, 2.05) is 0 Å².